The van der Waals surface area contributed by atoms with Crippen molar-refractivity contribution in [3.63, 3.8) is 0 Å². The van der Waals surface area contributed by atoms with Crippen LogP contribution >= 0.6 is 0 Å². The Balaban J connectivity index is 2.82. The van der Waals surface area contributed by atoms with Gasteiger partial charge in [0.15, 0.2) is 0 Å². The fourth-order valence-electron chi connectivity index (χ4n) is 0.924. The summed E-state index contributed by atoms with van der Waals surface area (Å²) in [5.74, 6) is 0. The average molecular weight is 149 g/mol. The number of hydrogen-bond donors (Lipinski definition) is 2. The smallest absolute Gasteiger partial charge is 0.0747 e. The number of nitrogens with one attached hydrogen (secondary N) is 1. The topological polar surface area (TPSA) is 32.3 Å². The second kappa shape index (κ2) is 3.91. The molecule has 2 N–H and O–H groups in total. The molecule has 0 aromatic heterocycles. The molecule has 1 aromatic carbocycles. The summed E-state index contributed by atoms with van der Waals surface area (Å²) in [6.45, 7) is 3.59. The van der Waals surface area contributed by atoms with E-state index in [0.29, 0.717) is 0 Å². The lowest BCUT2D eigenvalue weighted by molar-refractivity contribution is 0.144. The molecule has 1 atom stereocenters. The van der Waals surface area contributed by atoms with Gasteiger partial charge in [0.05, 0.1) is 6.04 Å². The van der Waals surface area contributed by atoms with Crippen LogP contribution in [-0.2, 0) is 0 Å². The molecule has 0 heterocycles. The molecular formula is C9H11NO. The van der Waals surface area contributed by atoms with Crippen molar-refractivity contribution in [1.82, 2.24) is 5.48 Å². The van der Waals surface area contributed by atoms with Crippen LogP contribution in [0.5, 0.6) is 0 Å². The van der Waals surface area contributed by atoms with E-state index < -0.39 is 0 Å². The quantitative estimate of drug-likeness (QED) is 0.508. The van der Waals surface area contributed by atoms with Gasteiger partial charge >= 0.3 is 0 Å². The molecule has 0 amide bonds. The molecule has 0 aliphatic carbocycles. The van der Waals surface area contributed by atoms with Crippen LogP contribution in [0.15, 0.2) is 43.0 Å². The zero-order valence-corrected chi connectivity index (χ0v) is 6.20. The van der Waals surface area contributed by atoms with Crippen LogP contribution in [0, 0.1) is 0 Å². The first-order chi connectivity index (χ1) is 5.38. The van der Waals surface area contributed by atoms with E-state index in [2.05, 4.69) is 12.1 Å². The van der Waals surface area contributed by atoms with E-state index in [9.17, 15) is 0 Å². The molecule has 0 radical (unpaired) electrons. The fourth-order valence-corrected chi connectivity index (χ4v) is 0.924. The van der Waals surface area contributed by atoms with Gasteiger partial charge in [-0.15, -0.1) is 6.58 Å². The fraction of sp³-hybridized carbons (Fsp3) is 0.111. The molecule has 0 fully saturated rings. The van der Waals surface area contributed by atoms with Crippen molar-refractivity contribution in [2.75, 3.05) is 0 Å². The number of hydrogen-bond acceptors (Lipinski definition) is 2. The summed E-state index contributed by atoms with van der Waals surface area (Å²) < 4.78 is 0. The maximum atomic E-state index is 8.66. The molecular weight excluding hydrogens is 138 g/mol. The Bertz CT molecular complexity index is 220. The predicted molar refractivity (Wildman–Crippen MR) is 44.3 cm³/mol. The Morgan fingerprint density at radius 3 is 2.45 bits per heavy atom. The van der Waals surface area contributed by atoms with Gasteiger partial charge in [-0.1, -0.05) is 36.4 Å². The summed E-state index contributed by atoms with van der Waals surface area (Å²) >= 11 is 0. The number of rotatable bonds is 3. The van der Waals surface area contributed by atoms with Crippen molar-refractivity contribution in [3.8, 4) is 0 Å². The van der Waals surface area contributed by atoms with Gasteiger partial charge in [-0.25, -0.2) is 0 Å². The van der Waals surface area contributed by atoms with Crippen LogP contribution in [0.25, 0.3) is 0 Å². The zero-order valence-electron chi connectivity index (χ0n) is 6.20. The number of hydroxylamine groups is 1. The van der Waals surface area contributed by atoms with Crippen LogP contribution in [0.2, 0.25) is 0 Å². The van der Waals surface area contributed by atoms with E-state index in [0.717, 1.165) is 5.56 Å². The highest BCUT2D eigenvalue weighted by Crippen LogP contribution is 2.11. The molecule has 0 aliphatic rings. The van der Waals surface area contributed by atoms with Crippen molar-refractivity contribution in [2.24, 2.45) is 0 Å². The van der Waals surface area contributed by atoms with Gasteiger partial charge in [0.1, 0.15) is 0 Å². The third kappa shape index (κ3) is 1.90. The molecule has 0 saturated heterocycles. The van der Waals surface area contributed by atoms with E-state index in [1.807, 2.05) is 30.3 Å². The number of benzene rings is 1. The lowest BCUT2D eigenvalue weighted by Crippen LogP contribution is -2.13. The van der Waals surface area contributed by atoms with Gasteiger partial charge in [-0.05, 0) is 5.56 Å². The third-order valence-corrected chi connectivity index (χ3v) is 1.53. The molecule has 0 bridgehead atoms. The summed E-state index contributed by atoms with van der Waals surface area (Å²) in [6, 6.07) is 9.45. The van der Waals surface area contributed by atoms with Gasteiger partial charge in [0.25, 0.3) is 0 Å². The van der Waals surface area contributed by atoms with Crippen LogP contribution in [0.4, 0.5) is 0 Å². The second-order valence-corrected chi connectivity index (χ2v) is 2.25. The molecule has 0 aliphatic heterocycles. The predicted octanol–water partition coefficient (Wildman–Crippen LogP) is 1.89. The lowest BCUT2D eigenvalue weighted by atomic mass is 10.1. The van der Waals surface area contributed by atoms with Gasteiger partial charge in [0.2, 0.25) is 0 Å². The standard InChI is InChI=1S/C9H11NO/c1-2-9(10-11)8-6-4-3-5-7-8/h2-7,9-11H,1H2. The Morgan fingerprint density at radius 1 is 1.36 bits per heavy atom. The van der Waals surface area contributed by atoms with Crippen molar-refractivity contribution in [3.05, 3.63) is 48.6 Å². The molecule has 0 saturated carbocycles. The highest BCUT2D eigenvalue weighted by Gasteiger charge is 2.02. The maximum absolute atomic E-state index is 8.66. The second-order valence-electron chi connectivity index (χ2n) is 2.25. The van der Waals surface area contributed by atoms with Gasteiger partial charge in [-0.3, -0.25) is 0 Å². The van der Waals surface area contributed by atoms with Crippen molar-refractivity contribution in [1.29, 1.82) is 0 Å². The van der Waals surface area contributed by atoms with E-state index in [4.69, 9.17) is 5.21 Å². The Kier molecular flexibility index (Phi) is 2.83. The molecule has 1 aromatic rings. The summed E-state index contributed by atoms with van der Waals surface area (Å²) in [5.41, 5.74) is 3.15. The monoisotopic (exact) mass is 149 g/mol. The van der Waals surface area contributed by atoms with Crippen LogP contribution in [-0.4, -0.2) is 5.21 Å². The van der Waals surface area contributed by atoms with Crippen molar-refractivity contribution >= 4 is 0 Å². The van der Waals surface area contributed by atoms with Gasteiger partial charge in [-0.2, -0.15) is 5.48 Å². The minimum atomic E-state index is -0.170. The highest BCUT2D eigenvalue weighted by molar-refractivity contribution is 5.21. The van der Waals surface area contributed by atoms with Gasteiger partial charge in [0, 0.05) is 0 Å². The van der Waals surface area contributed by atoms with Crippen molar-refractivity contribution in [2.45, 2.75) is 6.04 Å². The SMILES string of the molecule is C=CC(NO)c1ccccc1. The normalized spacial score (nSPS) is 12.5. The first kappa shape index (κ1) is 7.98. The zero-order chi connectivity index (χ0) is 8.10. The summed E-state index contributed by atoms with van der Waals surface area (Å²) in [6.07, 6.45) is 1.65. The van der Waals surface area contributed by atoms with Crippen LogP contribution in [0.1, 0.15) is 11.6 Å². The summed E-state index contributed by atoms with van der Waals surface area (Å²) in [4.78, 5) is 0. The Hall–Kier alpha value is -1.12. The molecule has 1 rings (SSSR count). The average Bonchev–Trinajstić information content (AvgIpc) is 2.09. The summed E-state index contributed by atoms with van der Waals surface area (Å²) in [7, 11) is 0. The first-order valence-corrected chi connectivity index (χ1v) is 3.45. The third-order valence-electron chi connectivity index (χ3n) is 1.53. The molecule has 1 unspecified atom stereocenters. The minimum absolute atomic E-state index is 0.170. The first-order valence-electron chi connectivity index (χ1n) is 3.45. The van der Waals surface area contributed by atoms with E-state index in [-0.39, 0.29) is 6.04 Å². The molecule has 2 nitrogen and oxygen atoms in total. The maximum Gasteiger partial charge on any atom is 0.0747 e. The highest BCUT2D eigenvalue weighted by atomic mass is 16.5. The van der Waals surface area contributed by atoms with Crippen molar-refractivity contribution < 1.29 is 5.21 Å². The molecule has 11 heavy (non-hydrogen) atoms. The largest absolute Gasteiger partial charge is 0.316 e. The molecule has 0 spiro atoms. The Labute approximate surface area is 66.1 Å². The van der Waals surface area contributed by atoms with Crippen LogP contribution < -0.4 is 5.48 Å². The Morgan fingerprint density at radius 2 is 2.00 bits per heavy atom. The van der Waals surface area contributed by atoms with E-state index in [1.165, 1.54) is 0 Å². The van der Waals surface area contributed by atoms with Gasteiger partial charge < -0.3 is 5.21 Å². The lowest BCUT2D eigenvalue weighted by Gasteiger charge is -2.08. The van der Waals surface area contributed by atoms with E-state index >= 15 is 0 Å². The molecule has 58 valence electrons. The minimum Gasteiger partial charge on any atom is -0.316 e. The summed E-state index contributed by atoms with van der Waals surface area (Å²) in [5, 5.41) is 8.66. The van der Waals surface area contributed by atoms with Crippen LogP contribution in [0.3, 0.4) is 0 Å². The van der Waals surface area contributed by atoms with E-state index in [1.54, 1.807) is 6.08 Å². The molecule has 2 heteroatoms.